The largest absolute Gasteiger partial charge is 0.444 e. The minimum absolute atomic E-state index is 0.106. The smallest absolute Gasteiger partial charge is 0.408 e. The number of carbonyl (C=O) groups is 2. The molecule has 0 bridgehead atoms. The standard InChI is InChI=1S/C28H34N6O3/c1-19-10-11-21(30-17-19)23-16-22(32-34(23)20-8-7-14-29-18-20)25(35)33-15-6-5-9-24(33)28(12-13-28)31-26(36)37-27(2,3)4/h7-8,10-11,14,16-18,24H,5-6,9,12-13,15H2,1-4H3,(H,31,36). The number of rotatable bonds is 5. The van der Waals surface area contributed by atoms with Crippen molar-refractivity contribution < 1.29 is 14.3 Å². The fraction of sp³-hybridized carbons (Fsp3) is 0.464. The van der Waals surface area contributed by atoms with Crippen molar-refractivity contribution in [1.82, 2.24) is 30.0 Å². The highest BCUT2D eigenvalue weighted by molar-refractivity contribution is 5.94. The molecule has 9 nitrogen and oxygen atoms in total. The zero-order chi connectivity index (χ0) is 26.2. The van der Waals surface area contributed by atoms with E-state index in [0.29, 0.717) is 12.2 Å². The predicted molar refractivity (Wildman–Crippen MR) is 139 cm³/mol. The first kappa shape index (κ1) is 24.9. The number of pyridine rings is 2. The maximum atomic E-state index is 14.0. The van der Waals surface area contributed by atoms with Crippen LogP contribution in [0.3, 0.4) is 0 Å². The Bertz CT molecular complexity index is 1280. The van der Waals surface area contributed by atoms with Crippen molar-refractivity contribution in [3.63, 3.8) is 0 Å². The van der Waals surface area contributed by atoms with Crippen LogP contribution in [0.4, 0.5) is 4.79 Å². The third-order valence-corrected chi connectivity index (χ3v) is 6.93. The van der Waals surface area contributed by atoms with Crippen molar-refractivity contribution in [1.29, 1.82) is 0 Å². The van der Waals surface area contributed by atoms with Crippen LogP contribution in [0, 0.1) is 6.92 Å². The summed E-state index contributed by atoms with van der Waals surface area (Å²) in [4.78, 5) is 37.3. The third-order valence-electron chi connectivity index (χ3n) is 6.93. The molecule has 1 atom stereocenters. The number of aromatic nitrogens is 4. The molecule has 2 fully saturated rings. The summed E-state index contributed by atoms with van der Waals surface area (Å²) in [5.74, 6) is -0.141. The van der Waals surface area contributed by atoms with Crippen LogP contribution in [-0.4, -0.2) is 60.4 Å². The van der Waals surface area contributed by atoms with Gasteiger partial charge in [0.15, 0.2) is 5.69 Å². The molecule has 194 valence electrons. The quantitative estimate of drug-likeness (QED) is 0.543. The molecule has 1 N–H and O–H groups in total. The van der Waals surface area contributed by atoms with Crippen LogP contribution in [0.15, 0.2) is 48.9 Å². The van der Waals surface area contributed by atoms with E-state index in [1.807, 2.05) is 56.9 Å². The lowest BCUT2D eigenvalue weighted by atomic mass is 9.93. The van der Waals surface area contributed by atoms with Crippen molar-refractivity contribution in [2.24, 2.45) is 0 Å². The molecule has 4 heterocycles. The van der Waals surface area contributed by atoms with Crippen molar-refractivity contribution in [3.8, 4) is 17.1 Å². The summed E-state index contributed by atoms with van der Waals surface area (Å²) in [6, 6.07) is 9.36. The van der Waals surface area contributed by atoms with Gasteiger partial charge in [0.25, 0.3) is 5.91 Å². The first-order valence-electron chi connectivity index (χ1n) is 12.9. The van der Waals surface area contributed by atoms with E-state index < -0.39 is 17.2 Å². The number of hydrogen-bond acceptors (Lipinski definition) is 6. The van der Waals surface area contributed by atoms with Gasteiger partial charge in [0.05, 0.1) is 34.9 Å². The third kappa shape index (κ3) is 5.35. The van der Waals surface area contributed by atoms with Gasteiger partial charge in [-0.05, 0) is 89.6 Å². The second kappa shape index (κ2) is 9.61. The zero-order valence-electron chi connectivity index (χ0n) is 21.9. The van der Waals surface area contributed by atoms with E-state index >= 15 is 0 Å². The van der Waals surface area contributed by atoms with E-state index in [0.717, 1.165) is 54.7 Å². The van der Waals surface area contributed by atoms with E-state index in [9.17, 15) is 9.59 Å². The van der Waals surface area contributed by atoms with E-state index in [1.165, 1.54) is 0 Å². The van der Waals surface area contributed by atoms with Crippen LogP contribution in [0.1, 0.15) is 68.9 Å². The predicted octanol–water partition coefficient (Wildman–Crippen LogP) is 4.69. The Morgan fingerprint density at radius 1 is 1.14 bits per heavy atom. The second-order valence-corrected chi connectivity index (χ2v) is 11.1. The number of hydrogen-bond donors (Lipinski definition) is 1. The number of nitrogens with zero attached hydrogens (tertiary/aromatic N) is 5. The Hall–Kier alpha value is -3.75. The van der Waals surface area contributed by atoms with Crippen LogP contribution in [0.2, 0.25) is 0 Å². The van der Waals surface area contributed by atoms with Crippen LogP contribution < -0.4 is 5.32 Å². The van der Waals surface area contributed by atoms with Crippen LogP contribution in [0.25, 0.3) is 17.1 Å². The summed E-state index contributed by atoms with van der Waals surface area (Å²) in [6.45, 7) is 8.16. The van der Waals surface area contributed by atoms with E-state index in [4.69, 9.17) is 9.84 Å². The van der Waals surface area contributed by atoms with Gasteiger partial charge >= 0.3 is 6.09 Å². The van der Waals surface area contributed by atoms with Gasteiger partial charge in [-0.25, -0.2) is 9.48 Å². The molecular formula is C28H34N6O3. The molecule has 1 unspecified atom stereocenters. The van der Waals surface area contributed by atoms with Crippen LogP contribution in [0.5, 0.6) is 0 Å². The normalized spacial score (nSPS) is 18.8. The van der Waals surface area contributed by atoms with Gasteiger partial charge in [-0.1, -0.05) is 6.07 Å². The number of aryl methyl sites for hydroxylation is 1. The van der Waals surface area contributed by atoms with E-state index in [1.54, 1.807) is 29.3 Å². The van der Waals surface area contributed by atoms with Crippen molar-refractivity contribution in [2.45, 2.75) is 77.0 Å². The zero-order valence-corrected chi connectivity index (χ0v) is 21.9. The first-order chi connectivity index (χ1) is 17.7. The minimum atomic E-state index is -0.582. The lowest BCUT2D eigenvalue weighted by Crippen LogP contribution is -2.57. The van der Waals surface area contributed by atoms with Crippen molar-refractivity contribution in [2.75, 3.05) is 6.54 Å². The van der Waals surface area contributed by atoms with Crippen molar-refractivity contribution >= 4 is 12.0 Å². The highest BCUT2D eigenvalue weighted by atomic mass is 16.6. The molecule has 5 rings (SSSR count). The molecule has 1 aliphatic heterocycles. The molecule has 0 radical (unpaired) electrons. The summed E-state index contributed by atoms with van der Waals surface area (Å²) in [5.41, 5.74) is 2.56. The lowest BCUT2D eigenvalue weighted by Gasteiger charge is -2.41. The summed E-state index contributed by atoms with van der Waals surface area (Å²) in [7, 11) is 0. The van der Waals surface area contributed by atoms with Gasteiger partial charge in [0.2, 0.25) is 0 Å². The molecule has 3 aromatic rings. The Labute approximate surface area is 217 Å². The number of amides is 2. The topological polar surface area (TPSA) is 102 Å². The van der Waals surface area contributed by atoms with Crippen LogP contribution in [-0.2, 0) is 4.74 Å². The first-order valence-corrected chi connectivity index (χ1v) is 12.9. The SMILES string of the molecule is Cc1ccc(-c2cc(C(=O)N3CCCCC3C3(NC(=O)OC(C)(C)C)CC3)nn2-c2cccnc2)nc1. The molecule has 37 heavy (non-hydrogen) atoms. The molecule has 2 amide bonds. The van der Waals surface area contributed by atoms with E-state index in [-0.39, 0.29) is 11.9 Å². The Kier molecular flexibility index (Phi) is 6.47. The number of likely N-dealkylation sites (tertiary alicyclic amines) is 1. The maximum absolute atomic E-state index is 14.0. The fourth-order valence-electron chi connectivity index (χ4n) is 5.04. The Morgan fingerprint density at radius 2 is 1.95 bits per heavy atom. The summed E-state index contributed by atoms with van der Waals surface area (Å²) in [6.07, 6.45) is 9.19. The van der Waals surface area contributed by atoms with Crippen molar-refractivity contribution in [3.05, 3.63) is 60.2 Å². The molecule has 0 aromatic carbocycles. The van der Waals surface area contributed by atoms with E-state index in [2.05, 4.69) is 15.3 Å². The van der Waals surface area contributed by atoms with Gasteiger partial charge in [-0.2, -0.15) is 5.10 Å². The highest BCUT2D eigenvalue weighted by Gasteiger charge is 2.55. The number of carbonyl (C=O) groups excluding carboxylic acids is 2. The molecule has 1 saturated heterocycles. The number of piperidine rings is 1. The molecule has 3 aromatic heterocycles. The van der Waals surface area contributed by atoms with Gasteiger partial charge in [0, 0.05) is 18.9 Å². The Morgan fingerprint density at radius 3 is 2.59 bits per heavy atom. The monoisotopic (exact) mass is 502 g/mol. The second-order valence-electron chi connectivity index (χ2n) is 11.1. The average Bonchev–Trinajstić information content (AvgIpc) is 3.50. The molecular weight excluding hydrogens is 468 g/mol. The molecule has 0 spiro atoms. The summed E-state index contributed by atoms with van der Waals surface area (Å²) in [5, 5.41) is 7.84. The van der Waals surface area contributed by atoms with Gasteiger partial charge in [-0.15, -0.1) is 0 Å². The molecule has 1 saturated carbocycles. The van der Waals surface area contributed by atoms with Gasteiger partial charge in [-0.3, -0.25) is 14.8 Å². The number of nitrogens with one attached hydrogen (secondary N) is 1. The minimum Gasteiger partial charge on any atom is -0.444 e. The fourth-order valence-corrected chi connectivity index (χ4v) is 5.04. The maximum Gasteiger partial charge on any atom is 0.408 e. The summed E-state index contributed by atoms with van der Waals surface area (Å²) < 4.78 is 7.25. The number of alkyl carbamates (subject to hydrolysis) is 1. The highest BCUT2D eigenvalue weighted by Crippen LogP contribution is 2.45. The molecule has 1 aliphatic carbocycles. The summed E-state index contributed by atoms with van der Waals surface area (Å²) >= 11 is 0. The van der Waals surface area contributed by atoms with Crippen LogP contribution >= 0.6 is 0 Å². The lowest BCUT2D eigenvalue weighted by molar-refractivity contribution is 0.0358. The number of ether oxygens (including phenoxy) is 1. The Balaban J connectivity index is 1.46. The average molecular weight is 503 g/mol. The van der Waals surface area contributed by atoms with Gasteiger partial charge < -0.3 is 15.0 Å². The molecule has 9 heteroatoms. The molecule has 2 aliphatic rings. The van der Waals surface area contributed by atoms with Gasteiger partial charge in [0.1, 0.15) is 5.60 Å².